The van der Waals surface area contributed by atoms with Gasteiger partial charge in [-0.3, -0.25) is 19.5 Å². The van der Waals surface area contributed by atoms with Gasteiger partial charge in [0.2, 0.25) is 0 Å². The third-order valence-corrected chi connectivity index (χ3v) is 5.67. The van der Waals surface area contributed by atoms with Gasteiger partial charge in [-0.1, -0.05) is 60.3 Å². The predicted octanol–water partition coefficient (Wildman–Crippen LogP) is 2.72. The first-order chi connectivity index (χ1) is 13.6. The molecule has 2 aromatic carbocycles. The first kappa shape index (κ1) is 18.4. The lowest BCUT2D eigenvalue weighted by atomic mass is 10.1. The zero-order chi connectivity index (χ0) is 19.5. The van der Waals surface area contributed by atoms with Crippen LogP contribution in [0.1, 0.15) is 16.1 Å². The van der Waals surface area contributed by atoms with Crippen LogP contribution in [0.25, 0.3) is 10.8 Å². The van der Waals surface area contributed by atoms with E-state index >= 15 is 0 Å². The highest BCUT2D eigenvalue weighted by Gasteiger charge is 2.29. The lowest BCUT2D eigenvalue weighted by Crippen LogP contribution is -2.34. The molecule has 0 saturated carbocycles. The van der Waals surface area contributed by atoms with Crippen LogP contribution in [-0.4, -0.2) is 44.6 Å². The summed E-state index contributed by atoms with van der Waals surface area (Å²) < 4.78 is 1.23. The average Bonchev–Trinajstić information content (AvgIpc) is 3.19. The fraction of sp³-hybridized carbons (Fsp3) is 0.238. The zero-order valence-electron chi connectivity index (χ0n) is 15.5. The van der Waals surface area contributed by atoms with Gasteiger partial charge in [0.15, 0.2) is 10.9 Å². The van der Waals surface area contributed by atoms with E-state index in [-0.39, 0.29) is 17.2 Å². The summed E-state index contributed by atoms with van der Waals surface area (Å²) in [5.41, 5.74) is 1.30. The van der Waals surface area contributed by atoms with Crippen molar-refractivity contribution in [3.8, 4) is 0 Å². The fourth-order valence-corrected chi connectivity index (χ4v) is 4.20. The van der Waals surface area contributed by atoms with Crippen molar-refractivity contribution >= 4 is 33.6 Å². The van der Waals surface area contributed by atoms with Crippen molar-refractivity contribution in [2.75, 3.05) is 18.8 Å². The van der Waals surface area contributed by atoms with Crippen LogP contribution in [-0.2, 0) is 13.5 Å². The number of carbonyl (C=O) groups excluding carboxylic acids is 1. The van der Waals surface area contributed by atoms with Gasteiger partial charge in [-0.05, 0) is 18.1 Å². The van der Waals surface area contributed by atoms with E-state index in [4.69, 9.17) is 0 Å². The van der Waals surface area contributed by atoms with Crippen LogP contribution in [0.4, 0.5) is 0 Å². The summed E-state index contributed by atoms with van der Waals surface area (Å²) in [6, 6.07) is 17.3. The van der Waals surface area contributed by atoms with Gasteiger partial charge >= 0.3 is 0 Å². The molecule has 6 nitrogen and oxygen atoms in total. The molecular formula is C21H20N4O2S. The number of benzene rings is 2. The van der Waals surface area contributed by atoms with Gasteiger partial charge in [0.05, 0.1) is 5.39 Å². The normalized spacial score (nSPS) is 15.5. The number of amidine groups is 1. The third-order valence-electron chi connectivity index (χ3n) is 4.67. The maximum absolute atomic E-state index is 13.2. The molecule has 1 aliphatic rings. The van der Waals surface area contributed by atoms with Crippen molar-refractivity contribution in [3.63, 3.8) is 0 Å². The molecule has 3 aromatic rings. The predicted molar refractivity (Wildman–Crippen MR) is 113 cm³/mol. The molecule has 4 rings (SSSR count). The van der Waals surface area contributed by atoms with Crippen molar-refractivity contribution in [2.24, 2.45) is 12.0 Å². The van der Waals surface area contributed by atoms with Gasteiger partial charge in [-0.25, -0.2) is 4.68 Å². The number of nitrogens with zero attached hydrogens (tertiary/aromatic N) is 4. The Balaban J connectivity index is 1.61. The molecule has 0 spiro atoms. The third kappa shape index (κ3) is 3.57. The SMILES string of the molecule is Cn1nc(C(=O)N2CCSC2=NCCc2ccccc2)c2ccccc2c1=O. The van der Waals surface area contributed by atoms with Crippen molar-refractivity contribution in [1.29, 1.82) is 0 Å². The smallest absolute Gasteiger partial charge is 0.280 e. The van der Waals surface area contributed by atoms with Crippen molar-refractivity contribution in [2.45, 2.75) is 6.42 Å². The summed E-state index contributed by atoms with van der Waals surface area (Å²) in [4.78, 5) is 31.9. The first-order valence-electron chi connectivity index (χ1n) is 9.14. The first-order valence-corrected chi connectivity index (χ1v) is 10.1. The molecule has 0 aliphatic carbocycles. The minimum Gasteiger partial charge on any atom is -0.285 e. The van der Waals surface area contributed by atoms with Crippen LogP contribution in [0.2, 0.25) is 0 Å². The Morgan fingerprint density at radius 3 is 2.61 bits per heavy atom. The highest BCUT2D eigenvalue weighted by molar-refractivity contribution is 8.14. The summed E-state index contributed by atoms with van der Waals surface area (Å²) in [7, 11) is 1.57. The topological polar surface area (TPSA) is 67.6 Å². The molecule has 142 valence electrons. The fourth-order valence-electron chi connectivity index (χ4n) is 3.23. The van der Waals surface area contributed by atoms with Crippen LogP contribution < -0.4 is 5.56 Å². The molecule has 1 saturated heterocycles. The zero-order valence-corrected chi connectivity index (χ0v) is 16.4. The van der Waals surface area contributed by atoms with E-state index in [1.54, 1.807) is 41.9 Å². The molecule has 1 fully saturated rings. The second kappa shape index (κ2) is 7.98. The summed E-state index contributed by atoms with van der Waals surface area (Å²) in [5, 5.41) is 6.06. The number of aryl methyl sites for hydroxylation is 1. The van der Waals surface area contributed by atoms with Crippen molar-refractivity contribution in [1.82, 2.24) is 14.7 Å². The molecule has 1 amide bonds. The molecule has 28 heavy (non-hydrogen) atoms. The Morgan fingerprint density at radius 2 is 1.82 bits per heavy atom. The number of thioether (sulfide) groups is 1. The molecule has 0 unspecified atom stereocenters. The Bertz CT molecular complexity index is 1110. The largest absolute Gasteiger partial charge is 0.285 e. The molecule has 0 radical (unpaired) electrons. The Labute approximate surface area is 166 Å². The van der Waals surface area contributed by atoms with Crippen LogP contribution >= 0.6 is 11.8 Å². The van der Waals surface area contributed by atoms with Gasteiger partial charge in [-0.15, -0.1) is 0 Å². The quantitative estimate of drug-likeness (QED) is 0.685. The second-order valence-corrected chi connectivity index (χ2v) is 7.59. The lowest BCUT2D eigenvalue weighted by Gasteiger charge is -2.17. The summed E-state index contributed by atoms with van der Waals surface area (Å²) in [5.74, 6) is 0.592. The molecule has 2 heterocycles. The van der Waals surface area contributed by atoms with E-state index in [0.29, 0.717) is 23.9 Å². The number of hydrogen-bond donors (Lipinski definition) is 0. The van der Waals surface area contributed by atoms with Crippen LogP contribution in [0.5, 0.6) is 0 Å². The number of rotatable bonds is 4. The van der Waals surface area contributed by atoms with E-state index in [0.717, 1.165) is 17.3 Å². The number of aromatic nitrogens is 2. The second-order valence-electron chi connectivity index (χ2n) is 6.53. The number of carbonyl (C=O) groups is 1. The molecule has 0 atom stereocenters. The minimum absolute atomic E-state index is 0.209. The maximum atomic E-state index is 13.2. The van der Waals surface area contributed by atoms with E-state index in [9.17, 15) is 9.59 Å². The lowest BCUT2D eigenvalue weighted by molar-refractivity contribution is 0.0853. The van der Waals surface area contributed by atoms with E-state index in [2.05, 4.69) is 22.2 Å². The highest BCUT2D eigenvalue weighted by atomic mass is 32.2. The number of aliphatic imine (C=N–C) groups is 1. The summed E-state index contributed by atoms with van der Waals surface area (Å²) in [6.45, 7) is 1.21. The van der Waals surface area contributed by atoms with E-state index in [1.807, 2.05) is 24.3 Å². The van der Waals surface area contributed by atoms with Gasteiger partial charge in [0.1, 0.15) is 0 Å². The molecular weight excluding hydrogens is 372 g/mol. The van der Waals surface area contributed by atoms with Crippen molar-refractivity contribution < 1.29 is 4.79 Å². The average molecular weight is 392 g/mol. The van der Waals surface area contributed by atoms with E-state index < -0.39 is 0 Å². The van der Waals surface area contributed by atoms with Crippen LogP contribution in [0, 0.1) is 0 Å². The minimum atomic E-state index is -0.213. The standard InChI is InChI=1S/C21H20N4O2S/c1-24-19(26)17-10-6-5-9-16(17)18(23-24)20(27)25-13-14-28-21(25)22-12-11-15-7-3-2-4-8-15/h2-10H,11-14H2,1H3. The van der Waals surface area contributed by atoms with E-state index in [1.165, 1.54) is 10.2 Å². The number of fused-ring (bicyclic) bond motifs is 1. The Morgan fingerprint density at radius 1 is 1.11 bits per heavy atom. The molecule has 0 bridgehead atoms. The van der Waals surface area contributed by atoms with Gasteiger partial charge in [-0.2, -0.15) is 5.10 Å². The molecule has 1 aliphatic heterocycles. The molecule has 1 aromatic heterocycles. The number of amides is 1. The molecule has 0 N–H and O–H groups in total. The van der Waals surface area contributed by atoms with Crippen LogP contribution in [0.15, 0.2) is 64.4 Å². The Kier molecular flexibility index (Phi) is 5.25. The van der Waals surface area contributed by atoms with Gasteiger partial charge in [0.25, 0.3) is 11.5 Å². The summed E-state index contributed by atoms with van der Waals surface area (Å²) in [6.07, 6.45) is 0.827. The monoisotopic (exact) mass is 392 g/mol. The van der Waals surface area contributed by atoms with Gasteiger partial charge in [0, 0.05) is 31.3 Å². The maximum Gasteiger partial charge on any atom is 0.280 e. The summed E-state index contributed by atoms with van der Waals surface area (Å²) >= 11 is 1.58. The molecule has 7 heteroatoms. The highest BCUT2D eigenvalue weighted by Crippen LogP contribution is 2.22. The van der Waals surface area contributed by atoms with Crippen molar-refractivity contribution in [3.05, 3.63) is 76.2 Å². The Hall–Kier alpha value is -2.93. The van der Waals surface area contributed by atoms with Crippen LogP contribution in [0.3, 0.4) is 0 Å². The van der Waals surface area contributed by atoms with Gasteiger partial charge < -0.3 is 0 Å². The number of hydrogen-bond acceptors (Lipinski definition) is 5.